The number of aryl methyl sites for hydroxylation is 2. The maximum atomic E-state index is 13.1. The van der Waals surface area contributed by atoms with Gasteiger partial charge in [0.05, 0.1) is 4.90 Å². The van der Waals surface area contributed by atoms with Gasteiger partial charge in [-0.2, -0.15) is 16.1 Å². The number of rotatable bonds is 3. The molecular weight excluding hydrogens is 338 g/mol. The van der Waals surface area contributed by atoms with E-state index >= 15 is 0 Å². The molecule has 0 aliphatic carbocycles. The largest absolute Gasteiger partial charge is 0.243 e. The Kier molecular flexibility index (Phi) is 5.33. The Hall–Kier alpha value is -1.30. The molecule has 2 aromatic rings. The first kappa shape index (κ1) is 17.5. The minimum absolute atomic E-state index is 0.366. The molecule has 0 amide bonds. The zero-order chi connectivity index (χ0) is 17.2. The van der Waals surface area contributed by atoms with E-state index in [9.17, 15) is 8.42 Å². The summed E-state index contributed by atoms with van der Waals surface area (Å²) >= 11 is 1.85. The van der Waals surface area contributed by atoms with Crippen molar-refractivity contribution in [2.24, 2.45) is 0 Å². The molecule has 3 rings (SSSR count). The molecule has 0 unspecified atom stereocenters. The van der Waals surface area contributed by atoms with Crippen molar-refractivity contribution in [1.29, 1.82) is 0 Å². The maximum absolute atomic E-state index is 13.1. The predicted molar refractivity (Wildman–Crippen MR) is 101 cm³/mol. The summed E-state index contributed by atoms with van der Waals surface area (Å²) in [5.74, 6) is 0.823. The van der Waals surface area contributed by atoms with E-state index in [2.05, 4.69) is 12.1 Å². The minimum atomic E-state index is -3.42. The lowest BCUT2D eigenvalue weighted by Crippen LogP contribution is -2.33. The predicted octanol–water partition coefficient (Wildman–Crippen LogP) is 4.17. The van der Waals surface area contributed by atoms with Crippen LogP contribution in [0.4, 0.5) is 0 Å². The van der Waals surface area contributed by atoms with Crippen LogP contribution in [-0.2, 0) is 10.0 Å². The second kappa shape index (κ2) is 7.30. The van der Waals surface area contributed by atoms with Gasteiger partial charge < -0.3 is 0 Å². The van der Waals surface area contributed by atoms with E-state index in [-0.39, 0.29) is 0 Å². The molecule has 24 heavy (non-hydrogen) atoms. The van der Waals surface area contributed by atoms with Gasteiger partial charge in [0.1, 0.15) is 0 Å². The van der Waals surface area contributed by atoms with Crippen LogP contribution >= 0.6 is 11.8 Å². The van der Waals surface area contributed by atoms with E-state index in [1.807, 2.05) is 55.9 Å². The molecule has 0 N–H and O–H groups in total. The number of thioether (sulfide) groups is 1. The van der Waals surface area contributed by atoms with Crippen LogP contribution < -0.4 is 0 Å². The van der Waals surface area contributed by atoms with E-state index in [0.29, 0.717) is 23.2 Å². The van der Waals surface area contributed by atoms with Gasteiger partial charge in [-0.3, -0.25) is 0 Å². The minimum Gasteiger partial charge on any atom is -0.207 e. The van der Waals surface area contributed by atoms with E-state index in [1.54, 1.807) is 10.4 Å². The quantitative estimate of drug-likeness (QED) is 0.823. The Morgan fingerprint density at radius 3 is 2.54 bits per heavy atom. The summed E-state index contributed by atoms with van der Waals surface area (Å²) in [7, 11) is -3.42. The highest BCUT2D eigenvalue weighted by Crippen LogP contribution is 2.35. The molecule has 0 bridgehead atoms. The molecule has 2 aromatic carbocycles. The molecule has 128 valence electrons. The molecule has 1 aliphatic rings. The Balaban J connectivity index is 1.81. The summed E-state index contributed by atoms with van der Waals surface area (Å²) in [6.45, 7) is 4.94. The first-order valence-electron chi connectivity index (χ1n) is 8.22. The van der Waals surface area contributed by atoms with Crippen LogP contribution in [0, 0.1) is 13.8 Å². The normalized spacial score (nSPS) is 19.8. The number of nitrogens with zero attached hydrogens (tertiary/aromatic N) is 1. The molecule has 3 nitrogen and oxygen atoms in total. The van der Waals surface area contributed by atoms with Gasteiger partial charge in [-0.25, -0.2) is 8.42 Å². The van der Waals surface area contributed by atoms with Gasteiger partial charge in [0, 0.05) is 24.1 Å². The number of sulfonamides is 1. The van der Waals surface area contributed by atoms with Crippen LogP contribution in [0.5, 0.6) is 0 Å². The van der Waals surface area contributed by atoms with Crippen molar-refractivity contribution in [3.05, 3.63) is 65.2 Å². The summed E-state index contributed by atoms with van der Waals surface area (Å²) in [6, 6.07) is 16.0. The first-order valence-corrected chi connectivity index (χ1v) is 10.7. The van der Waals surface area contributed by atoms with Crippen LogP contribution in [0.2, 0.25) is 0 Å². The molecule has 1 atom stereocenters. The van der Waals surface area contributed by atoms with Crippen molar-refractivity contribution in [3.63, 3.8) is 0 Å². The van der Waals surface area contributed by atoms with Crippen LogP contribution in [0.3, 0.4) is 0 Å². The monoisotopic (exact) mass is 361 g/mol. The summed E-state index contributed by atoms with van der Waals surface area (Å²) in [6.07, 6.45) is 0.846. The number of hydrogen-bond donors (Lipinski definition) is 0. The van der Waals surface area contributed by atoms with Crippen LogP contribution in [0.15, 0.2) is 53.4 Å². The molecule has 1 aliphatic heterocycles. The van der Waals surface area contributed by atoms with Crippen LogP contribution in [0.1, 0.15) is 28.4 Å². The Bertz CT molecular complexity index is 803. The SMILES string of the molecule is Cc1ccc(C)c(S(=O)(=O)N2CCS[C@@H](c3ccccc3)CC2)c1. The number of hydrogen-bond acceptors (Lipinski definition) is 3. The fourth-order valence-electron chi connectivity index (χ4n) is 3.05. The topological polar surface area (TPSA) is 37.4 Å². The lowest BCUT2D eigenvalue weighted by atomic mass is 10.1. The molecule has 0 aromatic heterocycles. The third-order valence-electron chi connectivity index (χ3n) is 4.43. The van der Waals surface area contributed by atoms with Crippen molar-refractivity contribution in [3.8, 4) is 0 Å². The van der Waals surface area contributed by atoms with Crippen molar-refractivity contribution in [2.75, 3.05) is 18.8 Å². The third-order valence-corrected chi connectivity index (χ3v) is 7.80. The highest BCUT2D eigenvalue weighted by atomic mass is 32.2. The summed E-state index contributed by atoms with van der Waals surface area (Å²) in [4.78, 5) is 0.450. The van der Waals surface area contributed by atoms with Gasteiger partial charge in [0.25, 0.3) is 0 Å². The molecule has 0 spiro atoms. The van der Waals surface area contributed by atoms with Crippen molar-refractivity contribution in [1.82, 2.24) is 4.31 Å². The van der Waals surface area contributed by atoms with E-state index in [4.69, 9.17) is 0 Å². The summed E-state index contributed by atoms with van der Waals surface area (Å²) in [5.41, 5.74) is 3.08. The number of benzene rings is 2. The summed E-state index contributed by atoms with van der Waals surface area (Å²) in [5, 5.41) is 0.366. The Morgan fingerprint density at radius 1 is 1.04 bits per heavy atom. The van der Waals surface area contributed by atoms with Gasteiger partial charge in [0.15, 0.2) is 0 Å². The molecule has 1 fully saturated rings. The van der Waals surface area contributed by atoms with Crippen LogP contribution in [-0.4, -0.2) is 31.6 Å². The standard InChI is InChI=1S/C19H23NO2S2/c1-15-8-9-16(2)19(14-15)24(21,22)20-11-10-18(23-13-12-20)17-6-4-3-5-7-17/h3-9,14,18H,10-13H2,1-2H3/t18-/m1/s1. The van der Waals surface area contributed by atoms with Gasteiger partial charge in [-0.15, -0.1) is 0 Å². The average Bonchev–Trinajstić information content (AvgIpc) is 2.84. The van der Waals surface area contributed by atoms with Crippen molar-refractivity contribution in [2.45, 2.75) is 30.4 Å². The van der Waals surface area contributed by atoms with Crippen LogP contribution in [0.25, 0.3) is 0 Å². The molecular formula is C19H23NO2S2. The lowest BCUT2D eigenvalue weighted by molar-refractivity contribution is 0.427. The molecule has 5 heteroatoms. The second-order valence-electron chi connectivity index (χ2n) is 6.23. The van der Waals surface area contributed by atoms with Crippen molar-refractivity contribution < 1.29 is 8.42 Å². The molecule has 0 radical (unpaired) electrons. The fourth-order valence-corrected chi connectivity index (χ4v) is 6.16. The van der Waals surface area contributed by atoms with E-state index in [1.165, 1.54) is 5.56 Å². The zero-order valence-electron chi connectivity index (χ0n) is 14.1. The highest BCUT2D eigenvalue weighted by molar-refractivity contribution is 7.99. The molecule has 1 heterocycles. The maximum Gasteiger partial charge on any atom is 0.243 e. The van der Waals surface area contributed by atoms with E-state index < -0.39 is 10.0 Å². The van der Waals surface area contributed by atoms with Gasteiger partial charge in [-0.05, 0) is 43.0 Å². The lowest BCUT2D eigenvalue weighted by Gasteiger charge is -2.21. The zero-order valence-corrected chi connectivity index (χ0v) is 15.7. The Labute approximate surface area is 149 Å². The third kappa shape index (κ3) is 3.68. The molecule has 1 saturated heterocycles. The van der Waals surface area contributed by atoms with Crippen molar-refractivity contribution >= 4 is 21.8 Å². The first-order chi connectivity index (χ1) is 11.5. The second-order valence-corrected chi connectivity index (χ2v) is 9.45. The fraction of sp³-hybridized carbons (Fsp3) is 0.368. The average molecular weight is 362 g/mol. The van der Waals surface area contributed by atoms with E-state index in [0.717, 1.165) is 23.3 Å². The molecule has 0 saturated carbocycles. The smallest absolute Gasteiger partial charge is 0.207 e. The van der Waals surface area contributed by atoms with Gasteiger partial charge >= 0.3 is 0 Å². The van der Waals surface area contributed by atoms with Gasteiger partial charge in [-0.1, -0.05) is 42.5 Å². The Morgan fingerprint density at radius 2 is 1.79 bits per heavy atom. The highest BCUT2D eigenvalue weighted by Gasteiger charge is 2.29. The van der Waals surface area contributed by atoms with Gasteiger partial charge in [0.2, 0.25) is 10.0 Å². The summed E-state index contributed by atoms with van der Waals surface area (Å²) < 4.78 is 27.8.